The van der Waals surface area contributed by atoms with E-state index >= 15 is 0 Å². The molecule has 138 valence electrons. The molecule has 0 aliphatic carbocycles. The number of likely N-dealkylation sites (N-methyl/N-ethyl adjacent to an activating group) is 1. The molecule has 0 aromatic heterocycles. The van der Waals surface area contributed by atoms with E-state index in [1.807, 2.05) is 7.05 Å². The molecule has 0 spiro atoms. The zero-order chi connectivity index (χ0) is 16.2. The van der Waals surface area contributed by atoms with Crippen molar-refractivity contribution >= 4 is 29.9 Å². The third-order valence-corrected chi connectivity index (χ3v) is 4.48. The summed E-state index contributed by atoms with van der Waals surface area (Å²) in [4.78, 5) is 9.39. The quantitative estimate of drug-likeness (QED) is 0.251. The third-order valence-electron chi connectivity index (χ3n) is 4.48. The molecule has 5 nitrogen and oxygen atoms in total. The highest BCUT2D eigenvalue weighted by molar-refractivity contribution is 14.0. The van der Waals surface area contributed by atoms with Crippen LogP contribution in [0.25, 0.3) is 0 Å². The molecule has 0 aromatic carbocycles. The van der Waals surface area contributed by atoms with Gasteiger partial charge >= 0.3 is 0 Å². The Kier molecular flexibility index (Phi) is 14.2. The van der Waals surface area contributed by atoms with Gasteiger partial charge in [-0.15, -0.1) is 24.0 Å². The Bertz CT molecular complexity index is 303. The molecule has 1 saturated heterocycles. The molecule has 1 fully saturated rings. The molecule has 6 heteroatoms. The zero-order valence-corrected chi connectivity index (χ0v) is 17.9. The number of hydrogen-bond donors (Lipinski definition) is 2. The van der Waals surface area contributed by atoms with Gasteiger partial charge in [0.05, 0.1) is 0 Å². The van der Waals surface area contributed by atoms with Crippen molar-refractivity contribution in [3.05, 3.63) is 0 Å². The molecule has 23 heavy (non-hydrogen) atoms. The van der Waals surface area contributed by atoms with Crippen molar-refractivity contribution in [2.45, 2.75) is 52.5 Å². The summed E-state index contributed by atoms with van der Waals surface area (Å²) in [6.07, 6.45) is 5.11. The van der Waals surface area contributed by atoms with Crippen molar-refractivity contribution in [2.75, 3.05) is 52.9 Å². The summed E-state index contributed by atoms with van der Waals surface area (Å²) in [7, 11) is 1.86. The Morgan fingerprint density at radius 1 is 1.09 bits per heavy atom. The summed E-state index contributed by atoms with van der Waals surface area (Å²) in [5.41, 5.74) is 0. The maximum atomic E-state index is 4.33. The van der Waals surface area contributed by atoms with E-state index in [0.717, 1.165) is 19.0 Å². The summed E-state index contributed by atoms with van der Waals surface area (Å²) in [5.74, 6) is 0.941. The van der Waals surface area contributed by atoms with Crippen molar-refractivity contribution < 1.29 is 0 Å². The second-order valence-corrected chi connectivity index (χ2v) is 6.32. The van der Waals surface area contributed by atoms with E-state index in [0.29, 0.717) is 6.04 Å². The summed E-state index contributed by atoms with van der Waals surface area (Å²) in [6.45, 7) is 14.8. The van der Waals surface area contributed by atoms with Gasteiger partial charge in [-0.1, -0.05) is 33.1 Å². The van der Waals surface area contributed by atoms with Crippen LogP contribution in [0.15, 0.2) is 4.99 Å². The average Bonchev–Trinajstić information content (AvgIpc) is 2.54. The van der Waals surface area contributed by atoms with Crippen molar-refractivity contribution in [3.63, 3.8) is 0 Å². The van der Waals surface area contributed by atoms with Crippen LogP contribution in [0.4, 0.5) is 0 Å². The minimum Gasteiger partial charge on any atom is -0.355 e. The van der Waals surface area contributed by atoms with Crippen LogP contribution < -0.4 is 10.6 Å². The fraction of sp³-hybridized carbons (Fsp3) is 0.941. The van der Waals surface area contributed by atoms with Gasteiger partial charge in [0.25, 0.3) is 0 Å². The van der Waals surface area contributed by atoms with Crippen LogP contribution in [-0.2, 0) is 0 Å². The maximum Gasteiger partial charge on any atom is 0.191 e. The van der Waals surface area contributed by atoms with Gasteiger partial charge in [0.2, 0.25) is 0 Å². The monoisotopic (exact) mass is 439 g/mol. The number of unbranched alkanes of at least 4 members (excludes halogenated alkanes) is 2. The van der Waals surface area contributed by atoms with Crippen LogP contribution >= 0.6 is 24.0 Å². The summed E-state index contributed by atoms with van der Waals surface area (Å²) in [6, 6.07) is 0.492. The number of halogens is 1. The number of aliphatic imine (C=N–C) groups is 1. The third kappa shape index (κ3) is 10.4. The first-order valence-electron chi connectivity index (χ1n) is 9.11. The SMILES string of the molecule is CCCCCC(C)NC(=NC)NCCN1CCN(CC)CC1.I. The Hall–Kier alpha value is -0.0800. The van der Waals surface area contributed by atoms with E-state index < -0.39 is 0 Å². The number of guanidine groups is 1. The highest BCUT2D eigenvalue weighted by Crippen LogP contribution is 2.02. The average molecular weight is 439 g/mol. The van der Waals surface area contributed by atoms with Crippen molar-refractivity contribution in [2.24, 2.45) is 4.99 Å². The van der Waals surface area contributed by atoms with Gasteiger partial charge in [-0.05, 0) is 19.9 Å². The Labute approximate surface area is 160 Å². The van der Waals surface area contributed by atoms with Crippen molar-refractivity contribution in [1.82, 2.24) is 20.4 Å². The van der Waals surface area contributed by atoms with Gasteiger partial charge in [0, 0.05) is 52.4 Å². The Morgan fingerprint density at radius 3 is 2.30 bits per heavy atom. The van der Waals surface area contributed by atoms with Crippen LogP contribution in [0.3, 0.4) is 0 Å². The standard InChI is InChI=1S/C17H37N5.HI/c1-5-7-8-9-16(3)20-17(18-4)19-10-11-22-14-12-21(6-2)13-15-22;/h16H,5-15H2,1-4H3,(H2,18,19,20);1H. The number of nitrogens with zero attached hydrogens (tertiary/aromatic N) is 3. The fourth-order valence-corrected chi connectivity index (χ4v) is 2.86. The Balaban J connectivity index is 0.00000484. The lowest BCUT2D eigenvalue weighted by atomic mass is 10.1. The van der Waals surface area contributed by atoms with Crippen molar-refractivity contribution in [3.8, 4) is 0 Å². The van der Waals surface area contributed by atoms with Crippen LogP contribution in [0, 0.1) is 0 Å². The lowest BCUT2D eigenvalue weighted by molar-refractivity contribution is 0.139. The molecular weight excluding hydrogens is 401 g/mol. The second-order valence-electron chi connectivity index (χ2n) is 6.32. The number of nitrogens with one attached hydrogen (secondary N) is 2. The topological polar surface area (TPSA) is 42.9 Å². The number of piperazine rings is 1. The summed E-state index contributed by atoms with van der Waals surface area (Å²) >= 11 is 0. The van der Waals surface area contributed by atoms with Gasteiger partial charge in [-0.25, -0.2) is 0 Å². The predicted octanol–water partition coefficient (Wildman–Crippen LogP) is 2.38. The maximum absolute atomic E-state index is 4.33. The molecule has 0 saturated carbocycles. The van der Waals surface area contributed by atoms with E-state index in [4.69, 9.17) is 0 Å². The zero-order valence-electron chi connectivity index (χ0n) is 15.6. The van der Waals surface area contributed by atoms with Gasteiger partial charge in [0.15, 0.2) is 5.96 Å². The first-order valence-corrected chi connectivity index (χ1v) is 9.11. The molecule has 1 aliphatic rings. The highest BCUT2D eigenvalue weighted by Gasteiger charge is 2.14. The van der Waals surface area contributed by atoms with Gasteiger partial charge in [-0.2, -0.15) is 0 Å². The van der Waals surface area contributed by atoms with Crippen LogP contribution in [-0.4, -0.2) is 74.7 Å². The smallest absolute Gasteiger partial charge is 0.191 e. The minimum atomic E-state index is 0. The molecule has 1 heterocycles. The molecule has 1 unspecified atom stereocenters. The fourth-order valence-electron chi connectivity index (χ4n) is 2.86. The summed E-state index contributed by atoms with van der Waals surface area (Å²) in [5, 5.41) is 6.94. The first-order chi connectivity index (χ1) is 10.7. The molecule has 1 atom stereocenters. The van der Waals surface area contributed by atoms with E-state index in [-0.39, 0.29) is 24.0 Å². The minimum absolute atomic E-state index is 0. The van der Waals surface area contributed by atoms with Crippen molar-refractivity contribution in [1.29, 1.82) is 0 Å². The van der Waals surface area contributed by atoms with Crippen LogP contribution in [0.1, 0.15) is 46.5 Å². The lowest BCUT2D eigenvalue weighted by Crippen LogP contribution is -2.49. The van der Waals surface area contributed by atoms with Gasteiger partial charge in [-0.3, -0.25) is 9.89 Å². The molecule has 0 bridgehead atoms. The van der Waals surface area contributed by atoms with E-state index in [1.165, 1.54) is 58.4 Å². The number of hydrogen-bond acceptors (Lipinski definition) is 3. The molecule has 1 aliphatic heterocycles. The summed E-state index contributed by atoms with van der Waals surface area (Å²) < 4.78 is 0. The van der Waals surface area contributed by atoms with Crippen LogP contribution in [0.5, 0.6) is 0 Å². The normalized spacial score (nSPS) is 18.3. The molecule has 0 amide bonds. The van der Waals surface area contributed by atoms with E-state index in [2.05, 4.69) is 46.2 Å². The number of rotatable bonds is 9. The Morgan fingerprint density at radius 2 is 1.74 bits per heavy atom. The van der Waals surface area contributed by atoms with Gasteiger partial charge in [0.1, 0.15) is 0 Å². The predicted molar refractivity (Wildman–Crippen MR) is 112 cm³/mol. The first kappa shape index (κ1) is 22.9. The largest absolute Gasteiger partial charge is 0.355 e. The second kappa shape index (κ2) is 14.3. The van der Waals surface area contributed by atoms with E-state index in [9.17, 15) is 0 Å². The molecule has 1 rings (SSSR count). The lowest BCUT2D eigenvalue weighted by Gasteiger charge is -2.34. The van der Waals surface area contributed by atoms with E-state index in [1.54, 1.807) is 0 Å². The molecule has 2 N–H and O–H groups in total. The molecule has 0 aromatic rings. The molecular formula is C17H38IN5. The van der Waals surface area contributed by atoms with Gasteiger partial charge < -0.3 is 15.5 Å². The van der Waals surface area contributed by atoms with Crippen LogP contribution in [0.2, 0.25) is 0 Å². The molecule has 0 radical (unpaired) electrons. The highest BCUT2D eigenvalue weighted by atomic mass is 127.